The minimum Gasteiger partial charge on any atom is -0.496 e. The van der Waals surface area contributed by atoms with Gasteiger partial charge in [-0.15, -0.1) is 0 Å². The van der Waals surface area contributed by atoms with Gasteiger partial charge in [0, 0.05) is 17.8 Å². The monoisotopic (exact) mass is 196 g/mol. The van der Waals surface area contributed by atoms with E-state index < -0.39 is 6.10 Å². The third kappa shape index (κ3) is 2.02. The van der Waals surface area contributed by atoms with Crippen LogP contribution < -0.4 is 10.5 Å². The molecule has 0 spiro atoms. The van der Waals surface area contributed by atoms with E-state index in [-0.39, 0.29) is 6.04 Å². The average molecular weight is 196 g/mol. The molecule has 0 aliphatic heterocycles. The van der Waals surface area contributed by atoms with E-state index in [1.165, 1.54) is 0 Å². The van der Waals surface area contributed by atoms with Gasteiger partial charge in [0.05, 0.1) is 12.8 Å². The fraction of sp³-hybridized carbons (Fsp3) is 0.500. The maximum Gasteiger partial charge on any atom is 0.125 e. The Morgan fingerprint density at radius 3 is 2.71 bits per heavy atom. The first-order chi connectivity index (χ1) is 6.57. The quantitative estimate of drug-likeness (QED) is 0.749. The molecule has 0 aromatic carbocycles. The summed E-state index contributed by atoms with van der Waals surface area (Å²) in [6.07, 6.45) is 0.859. The number of ether oxygens (including phenoxy) is 1. The van der Waals surface area contributed by atoms with E-state index in [4.69, 9.17) is 10.5 Å². The molecule has 0 aliphatic rings. The number of hydrogen-bond acceptors (Lipinski definition) is 4. The SMILES string of the molecule is COc1ccnc(C(O)C(C)N)c1C. The number of pyridine rings is 1. The van der Waals surface area contributed by atoms with Crippen molar-refractivity contribution in [3.63, 3.8) is 0 Å². The van der Waals surface area contributed by atoms with Crippen molar-refractivity contribution in [3.8, 4) is 5.75 Å². The van der Waals surface area contributed by atoms with Gasteiger partial charge in [0.2, 0.25) is 0 Å². The standard InChI is InChI=1S/C10H16N2O2/c1-6-8(14-3)4-5-12-9(6)10(13)7(2)11/h4-5,7,10,13H,11H2,1-3H3. The maximum absolute atomic E-state index is 9.76. The highest BCUT2D eigenvalue weighted by Crippen LogP contribution is 2.24. The maximum atomic E-state index is 9.76. The number of aliphatic hydroxyl groups excluding tert-OH is 1. The van der Waals surface area contributed by atoms with Crippen molar-refractivity contribution < 1.29 is 9.84 Å². The summed E-state index contributed by atoms with van der Waals surface area (Å²) in [7, 11) is 1.59. The van der Waals surface area contributed by atoms with Crippen molar-refractivity contribution in [2.24, 2.45) is 5.73 Å². The lowest BCUT2D eigenvalue weighted by Gasteiger charge is -2.17. The molecule has 14 heavy (non-hydrogen) atoms. The third-order valence-electron chi connectivity index (χ3n) is 2.19. The average Bonchev–Trinajstić information content (AvgIpc) is 2.17. The van der Waals surface area contributed by atoms with E-state index in [0.29, 0.717) is 5.69 Å². The normalized spacial score (nSPS) is 14.9. The zero-order chi connectivity index (χ0) is 10.7. The fourth-order valence-corrected chi connectivity index (χ4v) is 1.30. The molecular formula is C10H16N2O2. The Hall–Kier alpha value is -1.13. The zero-order valence-corrected chi connectivity index (χ0v) is 8.69. The van der Waals surface area contributed by atoms with Crippen molar-refractivity contribution in [1.29, 1.82) is 0 Å². The second kappa shape index (κ2) is 4.39. The second-order valence-electron chi connectivity index (χ2n) is 3.33. The van der Waals surface area contributed by atoms with Crippen LogP contribution in [0.2, 0.25) is 0 Å². The first-order valence-corrected chi connectivity index (χ1v) is 4.51. The van der Waals surface area contributed by atoms with E-state index in [9.17, 15) is 5.11 Å². The second-order valence-corrected chi connectivity index (χ2v) is 3.33. The van der Waals surface area contributed by atoms with Gasteiger partial charge >= 0.3 is 0 Å². The summed E-state index contributed by atoms with van der Waals surface area (Å²) in [5, 5.41) is 9.76. The molecule has 0 amide bonds. The number of rotatable bonds is 3. The fourth-order valence-electron chi connectivity index (χ4n) is 1.30. The molecule has 1 heterocycles. The molecule has 0 bridgehead atoms. The number of methoxy groups -OCH3 is 1. The first-order valence-electron chi connectivity index (χ1n) is 4.51. The topological polar surface area (TPSA) is 68.4 Å². The van der Waals surface area contributed by atoms with Gasteiger partial charge in [-0.25, -0.2) is 0 Å². The Bertz CT molecular complexity index is 313. The van der Waals surface area contributed by atoms with Crippen LogP contribution in [0.5, 0.6) is 5.75 Å². The van der Waals surface area contributed by atoms with Gasteiger partial charge in [-0.3, -0.25) is 4.98 Å². The Morgan fingerprint density at radius 1 is 1.57 bits per heavy atom. The van der Waals surface area contributed by atoms with Gasteiger partial charge in [0.15, 0.2) is 0 Å². The lowest BCUT2D eigenvalue weighted by atomic mass is 10.0. The molecule has 2 atom stereocenters. The molecule has 1 aromatic heterocycles. The minimum absolute atomic E-state index is 0.340. The van der Waals surface area contributed by atoms with Crippen LogP contribution in [0.25, 0.3) is 0 Å². The molecule has 2 unspecified atom stereocenters. The van der Waals surface area contributed by atoms with Gasteiger partial charge in [-0.05, 0) is 19.9 Å². The van der Waals surface area contributed by atoms with E-state index in [1.807, 2.05) is 6.92 Å². The molecule has 4 nitrogen and oxygen atoms in total. The van der Waals surface area contributed by atoms with Gasteiger partial charge in [0.25, 0.3) is 0 Å². The lowest BCUT2D eigenvalue weighted by Crippen LogP contribution is -2.25. The van der Waals surface area contributed by atoms with Crippen LogP contribution in [0.4, 0.5) is 0 Å². The summed E-state index contributed by atoms with van der Waals surface area (Å²) in [5.41, 5.74) is 7.01. The van der Waals surface area contributed by atoms with Crippen molar-refractivity contribution >= 4 is 0 Å². The Labute approximate surface area is 83.7 Å². The van der Waals surface area contributed by atoms with Gasteiger partial charge in [0.1, 0.15) is 11.9 Å². The molecule has 3 N–H and O–H groups in total. The van der Waals surface area contributed by atoms with Crippen LogP contribution in [-0.2, 0) is 0 Å². The Morgan fingerprint density at radius 2 is 2.21 bits per heavy atom. The summed E-state index contributed by atoms with van der Waals surface area (Å²) < 4.78 is 5.12. The van der Waals surface area contributed by atoms with Crippen molar-refractivity contribution in [1.82, 2.24) is 4.98 Å². The van der Waals surface area contributed by atoms with Gasteiger partial charge < -0.3 is 15.6 Å². The number of hydrogen-bond donors (Lipinski definition) is 2. The number of aromatic nitrogens is 1. The van der Waals surface area contributed by atoms with Crippen molar-refractivity contribution in [2.45, 2.75) is 26.0 Å². The largest absolute Gasteiger partial charge is 0.496 e. The predicted octanol–water partition coefficient (Wildman–Crippen LogP) is 0.779. The predicted molar refractivity (Wildman–Crippen MR) is 54.1 cm³/mol. The summed E-state index contributed by atoms with van der Waals surface area (Å²) in [6, 6.07) is 1.42. The van der Waals surface area contributed by atoms with E-state index >= 15 is 0 Å². The molecule has 0 aliphatic carbocycles. The van der Waals surface area contributed by atoms with Crippen LogP contribution in [-0.4, -0.2) is 23.2 Å². The van der Waals surface area contributed by atoms with E-state index in [0.717, 1.165) is 11.3 Å². The summed E-state index contributed by atoms with van der Waals surface area (Å²) in [5.74, 6) is 0.717. The molecular weight excluding hydrogens is 180 g/mol. The molecule has 0 saturated carbocycles. The minimum atomic E-state index is -0.745. The number of aliphatic hydroxyl groups is 1. The highest BCUT2D eigenvalue weighted by atomic mass is 16.5. The highest BCUT2D eigenvalue weighted by molar-refractivity contribution is 5.35. The Balaban J connectivity index is 3.09. The van der Waals surface area contributed by atoms with Crippen LogP contribution in [0.15, 0.2) is 12.3 Å². The third-order valence-corrected chi connectivity index (χ3v) is 2.19. The van der Waals surface area contributed by atoms with E-state index in [2.05, 4.69) is 4.98 Å². The van der Waals surface area contributed by atoms with Crippen LogP contribution in [0.3, 0.4) is 0 Å². The van der Waals surface area contributed by atoms with E-state index in [1.54, 1.807) is 26.3 Å². The van der Waals surface area contributed by atoms with Gasteiger partial charge in [-0.2, -0.15) is 0 Å². The Kier molecular flexibility index (Phi) is 3.43. The number of nitrogens with two attached hydrogens (primary N) is 1. The highest BCUT2D eigenvalue weighted by Gasteiger charge is 2.17. The molecule has 78 valence electrons. The molecule has 4 heteroatoms. The summed E-state index contributed by atoms with van der Waals surface area (Å²) in [6.45, 7) is 3.60. The molecule has 0 saturated heterocycles. The van der Waals surface area contributed by atoms with Crippen LogP contribution in [0, 0.1) is 6.92 Å². The van der Waals surface area contributed by atoms with Crippen LogP contribution >= 0.6 is 0 Å². The summed E-state index contributed by atoms with van der Waals surface area (Å²) >= 11 is 0. The molecule has 0 fully saturated rings. The number of nitrogens with zero attached hydrogens (tertiary/aromatic N) is 1. The van der Waals surface area contributed by atoms with Crippen molar-refractivity contribution in [3.05, 3.63) is 23.5 Å². The smallest absolute Gasteiger partial charge is 0.125 e. The van der Waals surface area contributed by atoms with Gasteiger partial charge in [-0.1, -0.05) is 0 Å². The molecule has 1 aromatic rings. The summed E-state index contributed by atoms with van der Waals surface area (Å²) in [4.78, 5) is 4.10. The molecule has 0 radical (unpaired) electrons. The van der Waals surface area contributed by atoms with Crippen LogP contribution in [0.1, 0.15) is 24.3 Å². The lowest BCUT2D eigenvalue weighted by molar-refractivity contribution is 0.147. The van der Waals surface area contributed by atoms with Crippen molar-refractivity contribution in [2.75, 3.05) is 7.11 Å². The molecule has 1 rings (SSSR count). The zero-order valence-electron chi connectivity index (χ0n) is 8.69. The first kappa shape index (κ1) is 10.9.